The highest BCUT2D eigenvalue weighted by molar-refractivity contribution is 8.02. The molecular formula is C19H26N4OS2. The van der Waals surface area contributed by atoms with Crippen LogP contribution in [-0.4, -0.2) is 27.4 Å². The fraction of sp³-hybridized carbons (Fsp3) is 0.526. The molecule has 1 aliphatic carbocycles. The first-order valence-electron chi connectivity index (χ1n) is 9.20. The Balaban J connectivity index is 1.47. The average Bonchev–Trinajstić information content (AvgIpc) is 3.10. The minimum atomic E-state index is -0.168. The molecule has 0 unspecified atom stereocenters. The van der Waals surface area contributed by atoms with Gasteiger partial charge < -0.3 is 10.6 Å². The molecule has 1 amide bonds. The first kappa shape index (κ1) is 19.2. The number of amides is 1. The third-order valence-corrected chi connectivity index (χ3v) is 6.84. The van der Waals surface area contributed by atoms with Gasteiger partial charge in [0, 0.05) is 12.6 Å². The lowest BCUT2D eigenvalue weighted by molar-refractivity contribution is -0.121. The van der Waals surface area contributed by atoms with Crippen molar-refractivity contribution in [1.82, 2.24) is 15.5 Å². The van der Waals surface area contributed by atoms with E-state index in [1.165, 1.54) is 47.9 Å². The highest BCUT2D eigenvalue weighted by atomic mass is 32.2. The quantitative estimate of drug-likeness (QED) is 0.689. The Morgan fingerprint density at radius 3 is 2.81 bits per heavy atom. The van der Waals surface area contributed by atoms with Crippen LogP contribution >= 0.6 is 23.1 Å². The molecule has 1 fully saturated rings. The van der Waals surface area contributed by atoms with E-state index in [0.29, 0.717) is 12.0 Å². The van der Waals surface area contributed by atoms with Crippen molar-refractivity contribution >= 4 is 34.1 Å². The highest BCUT2D eigenvalue weighted by Crippen LogP contribution is 2.30. The van der Waals surface area contributed by atoms with Crippen LogP contribution < -0.4 is 10.6 Å². The van der Waals surface area contributed by atoms with Crippen molar-refractivity contribution in [2.75, 3.05) is 5.32 Å². The van der Waals surface area contributed by atoms with Crippen molar-refractivity contribution in [3.8, 4) is 0 Å². The Kier molecular flexibility index (Phi) is 6.91. The van der Waals surface area contributed by atoms with Gasteiger partial charge in [0.2, 0.25) is 11.0 Å². The van der Waals surface area contributed by atoms with Crippen LogP contribution in [0.2, 0.25) is 0 Å². The number of hydrogen-bond acceptors (Lipinski definition) is 6. The van der Waals surface area contributed by atoms with Crippen LogP contribution in [0.25, 0.3) is 0 Å². The first-order valence-corrected chi connectivity index (χ1v) is 10.9. The lowest BCUT2D eigenvalue weighted by Crippen LogP contribution is -2.44. The number of hydrogen-bond donors (Lipinski definition) is 2. The van der Waals surface area contributed by atoms with Crippen LogP contribution in [0.3, 0.4) is 0 Å². The zero-order chi connectivity index (χ0) is 18.4. The predicted octanol–water partition coefficient (Wildman–Crippen LogP) is 4.33. The molecule has 0 spiro atoms. The van der Waals surface area contributed by atoms with Crippen molar-refractivity contribution in [3.63, 3.8) is 0 Å². The van der Waals surface area contributed by atoms with Crippen LogP contribution in [0.4, 0.5) is 5.13 Å². The summed E-state index contributed by atoms with van der Waals surface area (Å²) < 4.78 is 0.819. The SMILES string of the molecule is C[C@@H]1CCCC[C@H]1NC(=O)[C@@H](C)Sc1nnc(NCc2ccccc2)s1. The molecule has 3 atom stereocenters. The second-order valence-electron chi connectivity index (χ2n) is 6.85. The largest absolute Gasteiger partial charge is 0.356 e. The molecule has 3 rings (SSSR count). The van der Waals surface area contributed by atoms with Crippen LogP contribution in [0.15, 0.2) is 34.7 Å². The molecule has 1 heterocycles. The molecule has 1 saturated carbocycles. The second-order valence-corrected chi connectivity index (χ2v) is 9.41. The molecule has 7 heteroatoms. The van der Waals surface area contributed by atoms with Crippen LogP contribution in [-0.2, 0) is 11.3 Å². The number of carbonyl (C=O) groups excluding carboxylic acids is 1. The fourth-order valence-electron chi connectivity index (χ4n) is 3.14. The van der Waals surface area contributed by atoms with Gasteiger partial charge in [-0.15, -0.1) is 10.2 Å². The maximum Gasteiger partial charge on any atom is 0.233 e. The molecule has 0 bridgehead atoms. The Morgan fingerprint density at radius 1 is 1.27 bits per heavy atom. The highest BCUT2D eigenvalue weighted by Gasteiger charge is 2.25. The maximum absolute atomic E-state index is 12.5. The van der Waals surface area contributed by atoms with E-state index in [4.69, 9.17) is 0 Å². The van der Waals surface area contributed by atoms with E-state index in [0.717, 1.165) is 22.4 Å². The summed E-state index contributed by atoms with van der Waals surface area (Å²) in [5.41, 5.74) is 1.20. The lowest BCUT2D eigenvalue weighted by atomic mass is 9.86. The number of aromatic nitrogens is 2. The van der Waals surface area contributed by atoms with Crippen molar-refractivity contribution in [2.45, 2.75) is 61.7 Å². The molecule has 0 radical (unpaired) electrons. The summed E-state index contributed by atoms with van der Waals surface area (Å²) in [5, 5.41) is 15.5. The number of nitrogens with zero attached hydrogens (tertiary/aromatic N) is 2. The molecule has 2 N–H and O–H groups in total. The lowest BCUT2D eigenvalue weighted by Gasteiger charge is -2.30. The standard InChI is InChI=1S/C19H26N4OS2/c1-13-8-6-7-11-16(13)21-17(24)14(2)25-19-23-22-18(26-19)20-12-15-9-4-3-5-10-15/h3-5,9-10,13-14,16H,6-8,11-12H2,1-2H3,(H,20,22)(H,21,24)/t13-,14-,16-/m1/s1. The van der Waals surface area contributed by atoms with Gasteiger partial charge >= 0.3 is 0 Å². The minimum Gasteiger partial charge on any atom is -0.356 e. The van der Waals surface area contributed by atoms with Gasteiger partial charge in [0.15, 0.2) is 4.34 Å². The summed E-state index contributed by atoms with van der Waals surface area (Å²) in [6.45, 7) is 4.89. The third-order valence-electron chi connectivity index (χ3n) is 4.78. The zero-order valence-electron chi connectivity index (χ0n) is 15.3. The van der Waals surface area contributed by atoms with Crippen molar-refractivity contribution in [2.24, 2.45) is 5.92 Å². The fourth-order valence-corrected chi connectivity index (χ4v) is 5.04. The molecule has 140 valence electrons. The van der Waals surface area contributed by atoms with Gasteiger partial charge in [-0.2, -0.15) is 0 Å². The number of benzene rings is 1. The van der Waals surface area contributed by atoms with Gasteiger partial charge in [0.25, 0.3) is 0 Å². The summed E-state index contributed by atoms with van der Waals surface area (Å²) in [4.78, 5) is 12.5. The van der Waals surface area contributed by atoms with E-state index in [9.17, 15) is 4.79 Å². The molecule has 0 aliphatic heterocycles. The Labute approximate surface area is 163 Å². The molecule has 1 aliphatic rings. The van der Waals surface area contributed by atoms with Crippen molar-refractivity contribution in [3.05, 3.63) is 35.9 Å². The van der Waals surface area contributed by atoms with E-state index in [1.807, 2.05) is 25.1 Å². The second kappa shape index (κ2) is 9.37. The molecule has 1 aromatic heterocycles. The molecular weight excluding hydrogens is 364 g/mol. The van der Waals surface area contributed by atoms with Gasteiger partial charge in [0.05, 0.1) is 5.25 Å². The number of carbonyl (C=O) groups is 1. The molecule has 26 heavy (non-hydrogen) atoms. The summed E-state index contributed by atoms with van der Waals surface area (Å²) >= 11 is 2.97. The number of rotatable bonds is 7. The summed E-state index contributed by atoms with van der Waals surface area (Å²) in [6.07, 6.45) is 4.79. The van der Waals surface area contributed by atoms with Gasteiger partial charge in [-0.3, -0.25) is 4.79 Å². The summed E-state index contributed by atoms with van der Waals surface area (Å²) in [7, 11) is 0. The predicted molar refractivity (Wildman–Crippen MR) is 109 cm³/mol. The van der Waals surface area contributed by atoms with E-state index in [1.54, 1.807) is 0 Å². The van der Waals surface area contributed by atoms with E-state index < -0.39 is 0 Å². The van der Waals surface area contributed by atoms with Crippen LogP contribution in [0.5, 0.6) is 0 Å². The first-order chi connectivity index (χ1) is 12.6. The van der Waals surface area contributed by atoms with E-state index in [2.05, 4.69) is 39.9 Å². The van der Waals surface area contributed by atoms with Gasteiger partial charge in [-0.25, -0.2) is 0 Å². The maximum atomic E-state index is 12.5. The van der Waals surface area contributed by atoms with Crippen molar-refractivity contribution in [1.29, 1.82) is 0 Å². The molecule has 1 aromatic carbocycles. The number of anilines is 1. The van der Waals surface area contributed by atoms with Gasteiger partial charge in [-0.1, -0.05) is 73.2 Å². The molecule has 0 saturated heterocycles. The summed E-state index contributed by atoms with van der Waals surface area (Å²) in [6, 6.07) is 10.5. The summed E-state index contributed by atoms with van der Waals surface area (Å²) in [5.74, 6) is 0.669. The minimum absolute atomic E-state index is 0.0998. The monoisotopic (exact) mass is 390 g/mol. The van der Waals surface area contributed by atoms with E-state index in [-0.39, 0.29) is 11.2 Å². The zero-order valence-corrected chi connectivity index (χ0v) is 16.9. The topological polar surface area (TPSA) is 66.9 Å². The smallest absolute Gasteiger partial charge is 0.233 e. The van der Waals surface area contributed by atoms with Gasteiger partial charge in [-0.05, 0) is 31.2 Å². The average molecular weight is 391 g/mol. The van der Waals surface area contributed by atoms with Crippen molar-refractivity contribution < 1.29 is 4.79 Å². The Hall–Kier alpha value is -1.60. The normalized spacial score (nSPS) is 21.2. The Morgan fingerprint density at radius 2 is 2.04 bits per heavy atom. The van der Waals surface area contributed by atoms with Crippen LogP contribution in [0, 0.1) is 5.92 Å². The number of thioether (sulfide) groups is 1. The van der Waals surface area contributed by atoms with E-state index >= 15 is 0 Å². The van der Waals surface area contributed by atoms with Gasteiger partial charge in [0.1, 0.15) is 0 Å². The third kappa shape index (κ3) is 5.45. The number of nitrogens with one attached hydrogen (secondary N) is 2. The Bertz CT molecular complexity index is 707. The molecule has 5 nitrogen and oxygen atoms in total. The van der Waals surface area contributed by atoms with Crippen LogP contribution in [0.1, 0.15) is 45.1 Å². The molecule has 2 aromatic rings.